The Kier molecular flexibility index (Phi) is 14.6. The van der Waals surface area contributed by atoms with Crippen LogP contribution in [0.2, 0.25) is 0 Å². The van der Waals surface area contributed by atoms with Gasteiger partial charge in [-0.3, -0.25) is 24.0 Å². The summed E-state index contributed by atoms with van der Waals surface area (Å²) < 4.78 is 5.38. The molecule has 0 aliphatic rings. The quantitative estimate of drug-likeness (QED) is 0.0752. The second kappa shape index (κ2) is 19.5. The molecule has 0 spiro atoms. The van der Waals surface area contributed by atoms with Crippen LogP contribution in [0, 0.1) is 0 Å². The molecule has 3 aromatic carbocycles. The maximum Gasteiger partial charge on any atom is 0.408 e. The summed E-state index contributed by atoms with van der Waals surface area (Å²) >= 11 is 1.40. The van der Waals surface area contributed by atoms with E-state index in [1.807, 2.05) is 30.3 Å². The lowest BCUT2D eigenvalue weighted by Gasteiger charge is -2.25. The summed E-state index contributed by atoms with van der Waals surface area (Å²) in [7, 11) is 0. The van der Waals surface area contributed by atoms with Gasteiger partial charge in [-0.1, -0.05) is 78.9 Å². The third-order valence-corrected chi connectivity index (χ3v) is 8.76. The van der Waals surface area contributed by atoms with Crippen molar-refractivity contribution in [3.05, 3.63) is 108 Å². The van der Waals surface area contributed by atoms with E-state index in [-0.39, 0.29) is 25.9 Å². The van der Waals surface area contributed by atoms with E-state index in [4.69, 9.17) is 10.5 Å². The minimum absolute atomic E-state index is 0.0348. The SMILES string of the molecule is CSCC[C@H](NC(=O)[C@H](Cc1c[nH]c2ccccc12)NC(=O)OCc1ccccc1)C(=O)N[C@@H](CC(=O)O)C(=O)N[C@H](Cc1ccccc1)C(N)=O. The van der Waals surface area contributed by atoms with Crippen molar-refractivity contribution in [3.8, 4) is 0 Å². The average molecular weight is 731 g/mol. The lowest BCUT2D eigenvalue weighted by atomic mass is 10.0. The van der Waals surface area contributed by atoms with Crippen LogP contribution >= 0.6 is 11.8 Å². The number of nitrogens with two attached hydrogens (primary N) is 1. The number of rotatable bonds is 19. The predicted octanol–water partition coefficient (Wildman–Crippen LogP) is 2.42. The lowest BCUT2D eigenvalue weighted by Crippen LogP contribution is -2.59. The van der Waals surface area contributed by atoms with Crippen LogP contribution in [0.25, 0.3) is 10.9 Å². The fourth-order valence-corrected chi connectivity index (χ4v) is 5.89. The molecule has 4 aromatic rings. The number of hydrogen-bond acceptors (Lipinski definition) is 8. The molecule has 0 radical (unpaired) electrons. The standard InChI is InChI=1S/C37H42N6O8S/c1-52-17-16-28(34(47)42-31(20-32(44)45)36(49)41-29(33(38)46)18-23-10-4-2-5-11-23)40-35(48)30(19-25-21-39-27-15-9-8-14-26(25)27)43-37(50)51-22-24-12-6-3-7-13-24/h2-15,21,28-31,39H,16-20,22H2,1H3,(H2,38,46)(H,40,48)(H,41,49)(H,42,47)(H,43,50)(H,44,45)/t28-,29+,30-,31-/m0/s1. The number of ether oxygens (including phenoxy) is 1. The molecule has 0 aliphatic carbocycles. The molecule has 0 bridgehead atoms. The number of carboxylic acids is 1. The Morgan fingerprint density at radius 1 is 0.731 bits per heavy atom. The number of hydrogen-bond donors (Lipinski definition) is 7. The minimum Gasteiger partial charge on any atom is -0.481 e. The number of fused-ring (bicyclic) bond motifs is 1. The molecule has 8 N–H and O–H groups in total. The predicted molar refractivity (Wildman–Crippen MR) is 196 cm³/mol. The van der Waals surface area contributed by atoms with Gasteiger partial charge in [0.05, 0.1) is 6.42 Å². The van der Waals surface area contributed by atoms with Crippen molar-refractivity contribution in [2.75, 3.05) is 12.0 Å². The van der Waals surface area contributed by atoms with E-state index < -0.39 is 66.3 Å². The summed E-state index contributed by atoms with van der Waals surface area (Å²) in [6.07, 6.45) is 2.05. The third kappa shape index (κ3) is 11.9. The minimum atomic E-state index is -1.61. The highest BCUT2D eigenvalue weighted by Crippen LogP contribution is 2.19. The molecule has 0 fully saturated rings. The molecule has 5 amide bonds. The highest BCUT2D eigenvalue weighted by atomic mass is 32.2. The first-order valence-corrected chi connectivity index (χ1v) is 17.9. The topological polar surface area (TPSA) is 222 Å². The molecule has 274 valence electrons. The summed E-state index contributed by atoms with van der Waals surface area (Å²) in [6.45, 7) is -0.0398. The fraction of sp³-hybridized carbons (Fsp3) is 0.297. The molecule has 0 aliphatic heterocycles. The molecule has 1 heterocycles. The van der Waals surface area contributed by atoms with Crippen LogP contribution in [-0.4, -0.2) is 82.0 Å². The molecule has 4 rings (SSSR count). The van der Waals surface area contributed by atoms with Crippen molar-refractivity contribution < 1.29 is 38.6 Å². The molecule has 52 heavy (non-hydrogen) atoms. The molecule has 1 aromatic heterocycles. The molecule has 14 nitrogen and oxygen atoms in total. The average Bonchev–Trinajstić information content (AvgIpc) is 3.54. The van der Waals surface area contributed by atoms with Gasteiger partial charge in [0.1, 0.15) is 30.8 Å². The Hall–Kier alpha value is -5.83. The monoisotopic (exact) mass is 730 g/mol. The molecular formula is C37H42N6O8S. The fourth-order valence-electron chi connectivity index (χ4n) is 5.41. The number of primary amides is 1. The van der Waals surface area contributed by atoms with Gasteiger partial charge in [0.15, 0.2) is 0 Å². The molecule has 0 saturated heterocycles. The Labute approximate surface area is 304 Å². The highest BCUT2D eigenvalue weighted by molar-refractivity contribution is 7.98. The van der Waals surface area contributed by atoms with Crippen LogP contribution in [0.4, 0.5) is 4.79 Å². The van der Waals surface area contributed by atoms with Gasteiger partial charge in [-0.25, -0.2) is 4.79 Å². The number of thioether (sulfide) groups is 1. The first kappa shape index (κ1) is 39.0. The van der Waals surface area contributed by atoms with Gasteiger partial charge in [0, 0.05) is 29.9 Å². The summed E-state index contributed by atoms with van der Waals surface area (Å²) in [5, 5.41) is 20.6. The van der Waals surface area contributed by atoms with Crippen LogP contribution < -0.4 is 27.0 Å². The number of benzene rings is 3. The summed E-state index contributed by atoms with van der Waals surface area (Å²) in [4.78, 5) is 80.9. The number of para-hydroxylation sites is 1. The zero-order chi connectivity index (χ0) is 37.5. The van der Waals surface area contributed by atoms with Crippen LogP contribution in [-0.2, 0) is 48.2 Å². The van der Waals surface area contributed by atoms with Crippen molar-refractivity contribution in [2.45, 2.75) is 56.5 Å². The van der Waals surface area contributed by atoms with Crippen molar-refractivity contribution in [2.24, 2.45) is 5.73 Å². The van der Waals surface area contributed by atoms with Gasteiger partial charge >= 0.3 is 12.1 Å². The second-order valence-electron chi connectivity index (χ2n) is 12.0. The maximum absolute atomic E-state index is 13.9. The maximum atomic E-state index is 13.9. The van der Waals surface area contributed by atoms with Gasteiger partial charge in [-0.15, -0.1) is 0 Å². The number of H-pyrrole nitrogens is 1. The Balaban J connectivity index is 1.51. The van der Waals surface area contributed by atoms with Crippen molar-refractivity contribution in [1.82, 2.24) is 26.3 Å². The summed E-state index contributed by atoms with van der Waals surface area (Å²) in [5.74, 6) is -4.31. The number of nitrogens with one attached hydrogen (secondary N) is 5. The summed E-state index contributed by atoms with van der Waals surface area (Å²) in [5.41, 5.74) is 8.53. The van der Waals surface area contributed by atoms with E-state index >= 15 is 0 Å². The molecule has 15 heteroatoms. The Morgan fingerprint density at radius 3 is 1.96 bits per heavy atom. The Morgan fingerprint density at radius 2 is 1.31 bits per heavy atom. The van der Waals surface area contributed by atoms with Crippen LogP contribution in [0.3, 0.4) is 0 Å². The van der Waals surface area contributed by atoms with Crippen molar-refractivity contribution in [1.29, 1.82) is 0 Å². The van der Waals surface area contributed by atoms with E-state index in [0.29, 0.717) is 11.3 Å². The van der Waals surface area contributed by atoms with Gasteiger partial charge in [-0.05, 0) is 41.2 Å². The number of aromatic amines is 1. The number of carboxylic acid groups (broad SMARTS) is 1. The van der Waals surface area contributed by atoms with Crippen LogP contribution in [0.15, 0.2) is 91.1 Å². The molecular weight excluding hydrogens is 689 g/mol. The Bertz CT molecular complexity index is 1840. The lowest BCUT2D eigenvalue weighted by molar-refractivity contribution is -0.141. The van der Waals surface area contributed by atoms with E-state index in [1.54, 1.807) is 67.0 Å². The molecule has 0 unspecified atom stereocenters. The number of carbonyl (C=O) groups excluding carboxylic acids is 5. The first-order valence-electron chi connectivity index (χ1n) is 16.5. The number of alkyl carbamates (subject to hydrolysis) is 1. The zero-order valence-electron chi connectivity index (χ0n) is 28.5. The van der Waals surface area contributed by atoms with E-state index in [2.05, 4.69) is 26.3 Å². The van der Waals surface area contributed by atoms with Gasteiger partial charge < -0.3 is 41.8 Å². The van der Waals surface area contributed by atoms with E-state index in [9.17, 15) is 33.9 Å². The largest absolute Gasteiger partial charge is 0.481 e. The molecule has 4 atom stereocenters. The molecule has 0 saturated carbocycles. The smallest absolute Gasteiger partial charge is 0.408 e. The van der Waals surface area contributed by atoms with Gasteiger partial charge in [0.2, 0.25) is 23.6 Å². The van der Waals surface area contributed by atoms with Crippen molar-refractivity contribution >= 4 is 58.4 Å². The highest BCUT2D eigenvalue weighted by Gasteiger charge is 2.32. The summed E-state index contributed by atoms with van der Waals surface area (Å²) in [6, 6.07) is 20.0. The van der Waals surface area contributed by atoms with Gasteiger partial charge in [-0.2, -0.15) is 11.8 Å². The normalized spacial score (nSPS) is 13.2. The number of aliphatic carboxylic acids is 1. The van der Waals surface area contributed by atoms with E-state index in [0.717, 1.165) is 22.0 Å². The van der Waals surface area contributed by atoms with Crippen LogP contribution in [0.5, 0.6) is 0 Å². The number of carbonyl (C=O) groups is 6. The first-order chi connectivity index (χ1) is 25.0. The van der Waals surface area contributed by atoms with Gasteiger partial charge in [0.25, 0.3) is 0 Å². The number of amides is 5. The second-order valence-corrected chi connectivity index (χ2v) is 13.0. The van der Waals surface area contributed by atoms with Crippen molar-refractivity contribution in [3.63, 3.8) is 0 Å². The number of aromatic nitrogens is 1. The van der Waals surface area contributed by atoms with Crippen LogP contribution in [0.1, 0.15) is 29.5 Å². The third-order valence-electron chi connectivity index (χ3n) is 8.12. The van der Waals surface area contributed by atoms with E-state index in [1.165, 1.54) is 11.8 Å². The zero-order valence-corrected chi connectivity index (χ0v) is 29.3.